The molecule has 1 unspecified atom stereocenters. The van der Waals surface area contributed by atoms with Crippen molar-refractivity contribution in [2.24, 2.45) is 5.92 Å². The molecule has 0 amide bonds. The maximum Gasteiger partial charge on any atom is 0.117 e. The van der Waals surface area contributed by atoms with Gasteiger partial charge in [0.2, 0.25) is 0 Å². The van der Waals surface area contributed by atoms with Crippen LogP contribution in [0.2, 0.25) is 0 Å². The van der Waals surface area contributed by atoms with E-state index in [1.54, 1.807) is 0 Å². The summed E-state index contributed by atoms with van der Waals surface area (Å²) in [7, 11) is 1.00. The van der Waals surface area contributed by atoms with Crippen LogP contribution in [0.3, 0.4) is 0 Å². The normalized spacial score (nSPS) is 16.0. The molecule has 2 N–H and O–H groups in total. The van der Waals surface area contributed by atoms with Crippen LogP contribution in [0.4, 0.5) is 0 Å². The lowest BCUT2D eigenvalue weighted by Crippen LogP contribution is -2.44. The van der Waals surface area contributed by atoms with E-state index >= 15 is 0 Å². The zero-order valence-electron chi connectivity index (χ0n) is 24.2. The van der Waals surface area contributed by atoms with E-state index in [2.05, 4.69) is 81.1 Å². The molecule has 0 aliphatic carbocycles. The number of piperidine rings is 1. The summed E-state index contributed by atoms with van der Waals surface area (Å²) in [5, 5.41) is 19.1. The van der Waals surface area contributed by atoms with E-state index in [0.717, 1.165) is 57.1 Å². The minimum absolute atomic E-state index is 0.225. The number of aliphatic hydroxyl groups is 2. The zero-order valence-corrected chi connectivity index (χ0v) is 24.2. The molecule has 0 aromatic heterocycles. The zero-order chi connectivity index (χ0) is 27.6. The third kappa shape index (κ3) is 7.14. The summed E-state index contributed by atoms with van der Waals surface area (Å²) in [6, 6.07) is 29.9. The van der Waals surface area contributed by atoms with Crippen molar-refractivity contribution < 1.29 is 10.2 Å². The van der Waals surface area contributed by atoms with Gasteiger partial charge in [0.25, 0.3) is 0 Å². The molecule has 206 valence electrons. The van der Waals surface area contributed by atoms with Crippen molar-refractivity contribution in [2.45, 2.75) is 76.7 Å². The van der Waals surface area contributed by atoms with Crippen LogP contribution in [0.1, 0.15) is 88.0 Å². The number of hydrogen-bond donors (Lipinski definition) is 2. The lowest BCUT2D eigenvalue weighted by atomic mass is 9.72. The van der Waals surface area contributed by atoms with Gasteiger partial charge in [0.05, 0.1) is 0 Å². The molecule has 1 fully saturated rings. The van der Waals surface area contributed by atoms with Crippen LogP contribution in [0.15, 0.2) is 84.9 Å². The molecule has 3 aromatic carbocycles. The Bertz CT molecular complexity index is 1010. The van der Waals surface area contributed by atoms with Crippen LogP contribution >= 0.6 is 0 Å². The molecule has 3 heteroatoms. The van der Waals surface area contributed by atoms with Gasteiger partial charge < -0.3 is 15.1 Å². The number of rotatable bonds is 10. The van der Waals surface area contributed by atoms with Gasteiger partial charge in [-0.05, 0) is 91.2 Å². The Morgan fingerprint density at radius 2 is 1.29 bits per heavy atom. The van der Waals surface area contributed by atoms with Gasteiger partial charge in [0, 0.05) is 7.11 Å². The quantitative estimate of drug-likeness (QED) is 0.294. The molecule has 1 aliphatic heterocycles. The van der Waals surface area contributed by atoms with Crippen LogP contribution in [0.5, 0.6) is 0 Å². The van der Waals surface area contributed by atoms with Crippen molar-refractivity contribution in [3.63, 3.8) is 0 Å². The first-order valence-electron chi connectivity index (χ1n) is 14.5. The Labute approximate surface area is 231 Å². The molecule has 1 aliphatic rings. The summed E-state index contributed by atoms with van der Waals surface area (Å²) >= 11 is 0. The molecule has 1 heterocycles. The fourth-order valence-corrected chi connectivity index (χ4v) is 5.85. The molecule has 3 aromatic rings. The van der Waals surface area contributed by atoms with Crippen LogP contribution in [-0.2, 0) is 11.0 Å². The SMILES string of the molecule is CCC(C)(C)c1ccc(C(C)CCCN2CCC(C(O)(c3ccccc3)c3ccccc3)CC2)cc1.CO. The van der Waals surface area contributed by atoms with E-state index in [1.807, 2.05) is 36.4 Å². The van der Waals surface area contributed by atoms with Crippen molar-refractivity contribution in [2.75, 3.05) is 26.7 Å². The Kier molecular flexibility index (Phi) is 11.1. The van der Waals surface area contributed by atoms with E-state index in [0.29, 0.717) is 5.92 Å². The second-order valence-corrected chi connectivity index (χ2v) is 11.5. The Morgan fingerprint density at radius 1 is 0.789 bits per heavy atom. The third-order valence-corrected chi connectivity index (χ3v) is 8.86. The largest absolute Gasteiger partial charge is 0.400 e. The molecular weight excluding hydrogens is 466 g/mol. The molecule has 3 nitrogen and oxygen atoms in total. The molecule has 0 radical (unpaired) electrons. The van der Waals surface area contributed by atoms with Gasteiger partial charge in [-0.3, -0.25) is 0 Å². The Balaban J connectivity index is 0.00000195. The summed E-state index contributed by atoms with van der Waals surface area (Å²) in [5.41, 5.74) is 4.24. The van der Waals surface area contributed by atoms with Gasteiger partial charge in [-0.2, -0.15) is 0 Å². The lowest BCUT2D eigenvalue weighted by Gasteiger charge is -2.42. The van der Waals surface area contributed by atoms with Crippen molar-refractivity contribution in [1.29, 1.82) is 0 Å². The highest BCUT2D eigenvalue weighted by atomic mass is 16.3. The molecule has 0 bridgehead atoms. The van der Waals surface area contributed by atoms with E-state index in [9.17, 15) is 5.11 Å². The summed E-state index contributed by atoms with van der Waals surface area (Å²) in [4.78, 5) is 2.60. The maximum absolute atomic E-state index is 12.1. The topological polar surface area (TPSA) is 43.7 Å². The monoisotopic (exact) mass is 515 g/mol. The molecule has 38 heavy (non-hydrogen) atoms. The Hall–Kier alpha value is -2.46. The molecular formula is C35H49NO2. The number of aliphatic hydroxyl groups excluding tert-OH is 1. The van der Waals surface area contributed by atoms with E-state index in [1.165, 1.54) is 24.0 Å². The van der Waals surface area contributed by atoms with Crippen LogP contribution in [0, 0.1) is 5.92 Å². The van der Waals surface area contributed by atoms with Gasteiger partial charge in [0.15, 0.2) is 0 Å². The molecule has 0 spiro atoms. The highest BCUT2D eigenvalue weighted by molar-refractivity contribution is 5.37. The van der Waals surface area contributed by atoms with Gasteiger partial charge in [0.1, 0.15) is 5.60 Å². The first kappa shape index (κ1) is 30.1. The van der Waals surface area contributed by atoms with Crippen LogP contribution < -0.4 is 0 Å². The maximum atomic E-state index is 12.1. The summed E-state index contributed by atoms with van der Waals surface area (Å²) in [6.07, 6.45) is 5.63. The van der Waals surface area contributed by atoms with Crippen molar-refractivity contribution in [3.05, 3.63) is 107 Å². The smallest absolute Gasteiger partial charge is 0.117 e. The molecule has 4 rings (SSSR count). The minimum atomic E-state index is -0.929. The van der Waals surface area contributed by atoms with Crippen LogP contribution in [-0.4, -0.2) is 41.9 Å². The first-order chi connectivity index (χ1) is 18.3. The van der Waals surface area contributed by atoms with Crippen molar-refractivity contribution in [3.8, 4) is 0 Å². The van der Waals surface area contributed by atoms with Gasteiger partial charge in [-0.1, -0.05) is 113 Å². The third-order valence-electron chi connectivity index (χ3n) is 8.86. The van der Waals surface area contributed by atoms with Gasteiger partial charge in [-0.25, -0.2) is 0 Å². The van der Waals surface area contributed by atoms with Crippen molar-refractivity contribution in [1.82, 2.24) is 4.90 Å². The standard InChI is InChI=1S/C34H45NO.CH4O/c1-5-33(3,4)29-20-18-28(19-21-29)27(2)13-12-24-35-25-22-32(23-26-35)34(36,30-14-8-6-9-15-30)31-16-10-7-11-17-31;1-2/h6-11,14-21,27,32,36H,5,12-13,22-26H2,1-4H3;2H,1H3. The highest BCUT2D eigenvalue weighted by Gasteiger charge is 2.41. The average molecular weight is 516 g/mol. The predicted octanol–water partition coefficient (Wildman–Crippen LogP) is 7.51. The molecule has 1 saturated heterocycles. The second kappa shape index (κ2) is 14.1. The summed E-state index contributed by atoms with van der Waals surface area (Å²) in [5.74, 6) is 0.811. The summed E-state index contributed by atoms with van der Waals surface area (Å²) < 4.78 is 0. The molecule has 1 atom stereocenters. The number of hydrogen-bond acceptors (Lipinski definition) is 3. The number of benzene rings is 3. The molecule has 0 saturated carbocycles. The summed E-state index contributed by atoms with van der Waals surface area (Å²) in [6.45, 7) is 12.6. The first-order valence-corrected chi connectivity index (χ1v) is 14.5. The lowest BCUT2D eigenvalue weighted by molar-refractivity contribution is -0.0143. The number of likely N-dealkylation sites (tertiary alicyclic amines) is 1. The Morgan fingerprint density at radius 3 is 1.76 bits per heavy atom. The minimum Gasteiger partial charge on any atom is -0.400 e. The fourth-order valence-electron chi connectivity index (χ4n) is 5.85. The van der Waals surface area contributed by atoms with Gasteiger partial charge >= 0.3 is 0 Å². The number of nitrogens with zero attached hydrogens (tertiary/aromatic N) is 1. The van der Waals surface area contributed by atoms with E-state index < -0.39 is 5.60 Å². The predicted molar refractivity (Wildman–Crippen MR) is 161 cm³/mol. The van der Waals surface area contributed by atoms with Crippen LogP contribution in [0.25, 0.3) is 0 Å². The van der Waals surface area contributed by atoms with E-state index in [-0.39, 0.29) is 11.3 Å². The highest BCUT2D eigenvalue weighted by Crippen LogP contribution is 2.42. The fraction of sp³-hybridized carbons (Fsp3) is 0.486. The average Bonchev–Trinajstić information content (AvgIpc) is 2.99. The van der Waals surface area contributed by atoms with Gasteiger partial charge in [-0.15, -0.1) is 0 Å². The van der Waals surface area contributed by atoms with E-state index in [4.69, 9.17) is 5.11 Å². The van der Waals surface area contributed by atoms with Crippen molar-refractivity contribution >= 4 is 0 Å². The second-order valence-electron chi connectivity index (χ2n) is 11.5.